The van der Waals surface area contributed by atoms with Gasteiger partial charge in [-0.25, -0.2) is 14.2 Å². The number of anilines is 2. The summed E-state index contributed by atoms with van der Waals surface area (Å²) in [6.07, 6.45) is -1.17. The van der Waals surface area contributed by atoms with E-state index in [0.717, 1.165) is 0 Å². The maximum absolute atomic E-state index is 14.3. The first-order valence-electron chi connectivity index (χ1n) is 10.3. The average Bonchev–Trinajstić information content (AvgIpc) is 3.20. The van der Waals surface area contributed by atoms with Gasteiger partial charge in [0.2, 0.25) is 5.91 Å². The standard InChI is InChI=1S/C22H22FN7O4/c1-25-16(32)8-11(31)9-26-22(34)27-10-5-6-13-15(7-10)29-20(28-13)18-19(24)17-12(23)3-2-4-14(17)30-21(18)33/h2-7,11,31H,8-9H2,1H3,(H,25,32)(H,28,29)(H3,24,30,33)(H2,26,27,34). The van der Waals surface area contributed by atoms with E-state index in [1.54, 1.807) is 24.3 Å². The van der Waals surface area contributed by atoms with Crippen molar-refractivity contribution in [3.8, 4) is 11.4 Å². The molecule has 0 spiro atoms. The van der Waals surface area contributed by atoms with Gasteiger partial charge in [0.05, 0.1) is 40.1 Å². The number of nitrogens with one attached hydrogen (secondary N) is 5. The summed E-state index contributed by atoms with van der Waals surface area (Å²) in [5, 5.41) is 17.3. The van der Waals surface area contributed by atoms with Gasteiger partial charge >= 0.3 is 6.03 Å². The predicted octanol–water partition coefficient (Wildman–Crippen LogP) is 1.41. The highest BCUT2D eigenvalue weighted by molar-refractivity contribution is 5.98. The number of nitrogens with zero attached hydrogens (tertiary/aromatic N) is 1. The van der Waals surface area contributed by atoms with E-state index in [1.807, 2.05) is 0 Å². The van der Waals surface area contributed by atoms with Crippen LogP contribution in [-0.4, -0.2) is 51.7 Å². The fourth-order valence-corrected chi connectivity index (χ4v) is 3.55. The monoisotopic (exact) mass is 467 g/mol. The second kappa shape index (κ2) is 9.19. The maximum atomic E-state index is 14.3. The van der Waals surface area contributed by atoms with Gasteiger partial charge in [-0.05, 0) is 30.3 Å². The number of carbonyl (C=O) groups excluding carboxylic acids is 2. The van der Waals surface area contributed by atoms with Crippen LogP contribution in [0.4, 0.5) is 20.6 Å². The Morgan fingerprint density at radius 2 is 2.00 bits per heavy atom. The molecule has 1 unspecified atom stereocenters. The van der Waals surface area contributed by atoms with Gasteiger partial charge in [-0.3, -0.25) is 9.59 Å². The molecule has 8 N–H and O–H groups in total. The Morgan fingerprint density at radius 3 is 2.76 bits per heavy atom. The number of nitrogen functional groups attached to an aromatic ring is 1. The van der Waals surface area contributed by atoms with Gasteiger partial charge in [0, 0.05) is 19.3 Å². The molecular weight excluding hydrogens is 445 g/mol. The quantitative estimate of drug-likeness (QED) is 0.225. The molecule has 2 heterocycles. The minimum absolute atomic E-state index is 0.00570. The molecule has 0 aliphatic heterocycles. The SMILES string of the molecule is CNC(=O)CC(O)CNC(=O)Nc1ccc2nc(-c3c(N)c4c(F)cccc4[nH]c3=O)[nH]c2c1. The highest BCUT2D eigenvalue weighted by Gasteiger charge is 2.18. The predicted molar refractivity (Wildman–Crippen MR) is 126 cm³/mol. The molecule has 12 heteroatoms. The Bertz CT molecular complexity index is 1460. The maximum Gasteiger partial charge on any atom is 0.319 e. The molecule has 2 aromatic heterocycles. The van der Waals surface area contributed by atoms with Crippen LogP contribution >= 0.6 is 0 Å². The molecule has 0 fully saturated rings. The lowest BCUT2D eigenvalue weighted by atomic mass is 10.1. The Hall–Kier alpha value is -4.45. The lowest BCUT2D eigenvalue weighted by Gasteiger charge is -2.12. The fourth-order valence-electron chi connectivity index (χ4n) is 3.55. The molecule has 0 saturated carbocycles. The molecule has 3 amide bonds. The van der Waals surface area contributed by atoms with E-state index in [-0.39, 0.29) is 46.9 Å². The minimum atomic E-state index is -1.03. The number of H-pyrrole nitrogens is 2. The van der Waals surface area contributed by atoms with Crippen molar-refractivity contribution < 1.29 is 19.1 Å². The van der Waals surface area contributed by atoms with Crippen molar-refractivity contribution in [2.45, 2.75) is 12.5 Å². The van der Waals surface area contributed by atoms with Gasteiger partial charge in [-0.15, -0.1) is 0 Å². The number of benzene rings is 2. The summed E-state index contributed by atoms with van der Waals surface area (Å²) < 4.78 is 14.3. The van der Waals surface area contributed by atoms with Gasteiger partial charge < -0.3 is 36.8 Å². The second-order valence-electron chi connectivity index (χ2n) is 7.59. The van der Waals surface area contributed by atoms with Crippen LogP contribution < -0.4 is 27.2 Å². The zero-order chi connectivity index (χ0) is 24.4. The van der Waals surface area contributed by atoms with Crippen LogP contribution in [0.25, 0.3) is 33.3 Å². The summed E-state index contributed by atoms with van der Waals surface area (Å²) >= 11 is 0. The number of aliphatic hydroxyl groups excluding tert-OH is 1. The summed E-state index contributed by atoms with van der Waals surface area (Å²) in [5.41, 5.74) is 7.26. The molecular formula is C22H22FN7O4. The molecule has 2 aromatic carbocycles. The van der Waals surface area contributed by atoms with Crippen LogP contribution in [-0.2, 0) is 4.79 Å². The lowest BCUT2D eigenvalue weighted by molar-refractivity contribution is -0.122. The topological polar surface area (TPSA) is 178 Å². The summed E-state index contributed by atoms with van der Waals surface area (Å²) in [4.78, 5) is 46.0. The third kappa shape index (κ3) is 4.52. The Labute approximate surface area is 191 Å². The van der Waals surface area contributed by atoms with E-state index in [0.29, 0.717) is 16.7 Å². The third-order valence-corrected chi connectivity index (χ3v) is 5.20. The number of carbonyl (C=O) groups is 2. The van der Waals surface area contributed by atoms with Crippen LogP contribution in [0.5, 0.6) is 0 Å². The molecule has 176 valence electrons. The molecule has 0 bridgehead atoms. The summed E-state index contributed by atoms with van der Waals surface area (Å²) in [7, 11) is 1.45. The van der Waals surface area contributed by atoms with Crippen LogP contribution in [0.15, 0.2) is 41.2 Å². The first-order chi connectivity index (χ1) is 16.3. The highest BCUT2D eigenvalue weighted by atomic mass is 19.1. The molecule has 0 aliphatic carbocycles. The number of halogens is 1. The van der Waals surface area contributed by atoms with Crippen molar-refractivity contribution in [3.05, 3.63) is 52.6 Å². The largest absolute Gasteiger partial charge is 0.397 e. The number of fused-ring (bicyclic) bond motifs is 2. The number of pyridine rings is 1. The van der Waals surface area contributed by atoms with E-state index < -0.39 is 23.5 Å². The minimum Gasteiger partial charge on any atom is -0.397 e. The highest BCUT2D eigenvalue weighted by Crippen LogP contribution is 2.30. The first kappa shape index (κ1) is 22.7. The van der Waals surface area contributed by atoms with E-state index in [4.69, 9.17) is 5.73 Å². The Kier molecular flexibility index (Phi) is 6.15. The molecule has 1 atom stereocenters. The summed E-state index contributed by atoms with van der Waals surface area (Å²) in [6, 6.07) is 8.51. The normalized spacial score (nSPS) is 12.0. The van der Waals surface area contributed by atoms with E-state index >= 15 is 0 Å². The van der Waals surface area contributed by atoms with Gasteiger partial charge in [0.1, 0.15) is 17.2 Å². The number of amides is 3. The average molecular weight is 467 g/mol. The Morgan fingerprint density at radius 1 is 1.21 bits per heavy atom. The van der Waals surface area contributed by atoms with Gasteiger partial charge in [-0.1, -0.05) is 6.07 Å². The van der Waals surface area contributed by atoms with Crippen LogP contribution in [0.1, 0.15) is 6.42 Å². The molecule has 0 saturated heterocycles. The van der Waals surface area contributed by atoms with Crippen LogP contribution in [0, 0.1) is 5.82 Å². The smallest absolute Gasteiger partial charge is 0.319 e. The van der Waals surface area contributed by atoms with Crippen molar-refractivity contribution in [2.75, 3.05) is 24.6 Å². The second-order valence-corrected chi connectivity index (χ2v) is 7.59. The fraction of sp³-hybridized carbons (Fsp3) is 0.182. The summed E-state index contributed by atoms with van der Waals surface area (Å²) in [6.45, 7) is -0.115. The number of aromatic nitrogens is 3. The summed E-state index contributed by atoms with van der Waals surface area (Å²) in [5.74, 6) is -0.761. The molecule has 11 nitrogen and oxygen atoms in total. The van der Waals surface area contributed by atoms with Crippen LogP contribution in [0.2, 0.25) is 0 Å². The lowest BCUT2D eigenvalue weighted by Crippen LogP contribution is -2.37. The van der Waals surface area contributed by atoms with Crippen molar-refractivity contribution in [1.29, 1.82) is 0 Å². The number of nitrogens with two attached hydrogens (primary N) is 1. The van der Waals surface area contributed by atoms with Crippen molar-refractivity contribution >= 4 is 45.2 Å². The molecule has 0 aliphatic rings. The molecule has 4 aromatic rings. The van der Waals surface area contributed by atoms with E-state index in [2.05, 4.69) is 30.9 Å². The molecule has 0 radical (unpaired) electrons. The third-order valence-electron chi connectivity index (χ3n) is 5.20. The van der Waals surface area contributed by atoms with Gasteiger partial charge in [-0.2, -0.15) is 0 Å². The molecule has 34 heavy (non-hydrogen) atoms. The number of urea groups is 1. The van der Waals surface area contributed by atoms with Crippen molar-refractivity contribution in [2.24, 2.45) is 0 Å². The zero-order valence-corrected chi connectivity index (χ0v) is 18.0. The number of hydrogen-bond donors (Lipinski definition) is 7. The molecule has 4 rings (SSSR count). The number of rotatable bonds is 6. The van der Waals surface area contributed by atoms with E-state index in [9.17, 15) is 23.9 Å². The van der Waals surface area contributed by atoms with Crippen LogP contribution in [0.3, 0.4) is 0 Å². The Balaban J connectivity index is 1.55. The van der Waals surface area contributed by atoms with Crippen molar-refractivity contribution in [1.82, 2.24) is 25.6 Å². The number of imidazole rings is 1. The van der Waals surface area contributed by atoms with E-state index in [1.165, 1.54) is 19.2 Å². The number of aliphatic hydroxyl groups is 1. The number of aromatic amines is 2. The number of hydrogen-bond acceptors (Lipinski definition) is 6. The van der Waals surface area contributed by atoms with Crippen molar-refractivity contribution in [3.63, 3.8) is 0 Å². The zero-order valence-electron chi connectivity index (χ0n) is 18.0. The van der Waals surface area contributed by atoms with Gasteiger partial charge in [0.15, 0.2) is 0 Å². The first-order valence-corrected chi connectivity index (χ1v) is 10.3. The van der Waals surface area contributed by atoms with Gasteiger partial charge in [0.25, 0.3) is 5.56 Å².